The molecule has 2 aromatic carbocycles. The second-order valence-corrected chi connectivity index (χ2v) is 5.31. The number of carboxylic acids is 1. The van der Waals surface area contributed by atoms with Gasteiger partial charge in [-0.2, -0.15) is 0 Å². The second kappa shape index (κ2) is 5.05. The molecule has 0 radical (unpaired) electrons. The van der Waals surface area contributed by atoms with Crippen LogP contribution in [0.25, 0.3) is 22.4 Å². The van der Waals surface area contributed by atoms with E-state index in [4.69, 9.17) is 5.11 Å². The zero-order chi connectivity index (χ0) is 15.0. The van der Waals surface area contributed by atoms with Crippen molar-refractivity contribution in [3.8, 4) is 11.4 Å². The normalized spacial score (nSPS) is 11.0. The standard InChI is InChI=1S/C17H16N2O2/c1-10-3-5-13(7-11(10)2)17-18-14-6-4-12(9-16(20)21)8-15(14)19-17/h3-8H,9H2,1-2H3,(H,18,19)(H,20,21). The summed E-state index contributed by atoms with van der Waals surface area (Å²) in [7, 11) is 0. The van der Waals surface area contributed by atoms with Gasteiger partial charge in [-0.05, 0) is 48.7 Å². The summed E-state index contributed by atoms with van der Waals surface area (Å²) in [5.74, 6) is -0.0242. The summed E-state index contributed by atoms with van der Waals surface area (Å²) >= 11 is 0. The summed E-state index contributed by atoms with van der Waals surface area (Å²) in [5, 5.41) is 8.85. The van der Waals surface area contributed by atoms with Gasteiger partial charge in [-0.25, -0.2) is 4.98 Å². The van der Waals surface area contributed by atoms with Gasteiger partial charge in [-0.1, -0.05) is 18.2 Å². The van der Waals surface area contributed by atoms with Crippen molar-refractivity contribution < 1.29 is 9.90 Å². The first kappa shape index (κ1) is 13.4. The first-order valence-electron chi connectivity index (χ1n) is 6.81. The van der Waals surface area contributed by atoms with Crippen molar-refractivity contribution in [2.45, 2.75) is 20.3 Å². The number of rotatable bonds is 3. The highest BCUT2D eigenvalue weighted by Gasteiger charge is 2.08. The topological polar surface area (TPSA) is 66.0 Å². The average Bonchev–Trinajstić information content (AvgIpc) is 2.84. The van der Waals surface area contributed by atoms with Crippen LogP contribution in [0.1, 0.15) is 16.7 Å². The zero-order valence-electron chi connectivity index (χ0n) is 12.0. The Morgan fingerprint density at radius 2 is 1.95 bits per heavy atom. The molecule has 3 rings (SSSR count). The van der Waals surface area contributed by atoms with Crippen LogP contribution in [0, 0.1) is 13.8 Å². The molecule has 0 fully saturated rings. The van der Waals surface area contributed by atoms with Gasteiger partial charge in [0.15, 0.2) is 0 Å². The van der Waals surface area contributed by atoms with E-state index in [9.17, 15) is 4.79 Å². The van der Waals surface area contributed by atoms with Crippen LogP contribution < -0.4 is 0 Å². The van der Waals surface area contributed by atoms with Crippen LogP contribution in [0.15, 0.2) is 36.4 Å². The van der Waals surface area contributed by atoms with Crippen LogP contribution in [0.5, 0.6) is 0 Å². The minimum Gasteiger partial charge on any atom is -0.481 e. The Bertz CT molecular complexity index is 834. The minimum absolute atomic E-state index is 0.0218. The average molecular weight is 280 g/mol. The van der Waals surface area contributed by atoms with Crippen molar-refractivity contribution in [3.05, 3.63) is 53.1 Å². The fraction of sp³-hybridized carbons (Fsp3) is 0.176. The van der Waals surface area contributed by atoms with Gasteiger partial charge in [0.2, 0.25) is 0 Å². The lowest BCUT2D eigenvalue weighted by Gasteiger charge is -2.02. The van der Waals surface area contributed by atoms with E-state index in [0.29, 0.717) is 0 Å². The number of aliphatic carboxylic acids is 1. The second-order valence-electron chi connectivity index (χ2n) is 5.31. The number of H-pyrrole nitrogens is 1. The fourth-order valence-electron chi connectivity index (χ4n) is 2.37. The maximum absolute atomic E-state index is 10.8. The summed E-state index contributed by atoms with van der Waals surface area (Å²) in [5.41, 5.74) is 5.98. The molecule has 1 heterocycles. The molecular formula is C17H16N2O2. The number of nitrogens with zero attached hydrogens (tertiary/aromatic N) is 1. The molecule has 0 saturated heterocycles. The van der Waals surface area contributed by atoms with Crippen LogP contribution >= 0.6 is 0 Å². The number of nitrogens with one attached hydrogen (secondary N) is 1. The molecule has 21 heavy (non-hydrogen) atoms. The molecule has 4 heteroatoms. The molecule has 106 valence electrons. The zero-order valence-corrected chi connectivity index (χ0v) is 12.0. The highest BCUT2D eigenvalue weighted by Crippen LogP contribution is 2.23. The van der Waals surface area contributed by atoms with Gasteiger partial charge in [-0.3, -0.25) is 4.79 Å². The molecule has 3 aromatic rings. The number of aromatic nitrogens is 2. The van der Waals surface area contributed by atoms with E-state index >= 15 is 0 Å². The van der Waals surface area contributed by atoms with Crippen molar-refractivity contribution >= 4 is 17.0 Å². The highest BCUT2D eigenvalue weighted by atomic mass is 16.4. The number of hydrogen-bond donors (Lipinski definition) is 2. The molecule has 0 bridgehead atoms. The Balaban J connectivity index is 2.04. The third-order valence-corrected chi connectivity index (χ3v) is 3.68. The van der Waals surface area contributed by atoms with E-state index in [0.717, 1.165) is 28.0 Å². The van der Waals surface area contributed by atoms with E-state index in [1.165, 1.54) is 11.1 Å². The van der Waals surface area contributed by atoms with E-state index in [2.05, 4.69) is 35.9 Å². The number of imidazole rings is 1. The molecule has 2 N–H and O–H groups in total. The Labute approximate surface area is 122 Å². The van der Waals surface area contributed by atoms with E-state index < -0.39 is 5.97 Å². The molecule has 1 aromatic heterocycles. The number of carbonyl (C=O) groups is 1. The summed E-state index contributed by atoms with van der Waals surface area (Å²) in [6.45, 7) is 4.16. The maximum Gasteiger partial charge on any atom is 0.307 e. The number of hydrogen-bond acceptors (Lipinski definition) is 2. The largest absolute Gasteiger partial charge is 0.481 e. The molecule has 0 saturated carbocycles. The molecular weight excluding hydrogens is 264 g/mol. The predicted molar refractivity (Wildman–Crippen MR) is 82.3 cm³/mol. The van der Waals surface area contributed by atoms with E-state index in [1.54, 1.807) is 0 Å². The highest BCUT2D eigenvalue weighted by molar-refractivity contribution is 5.81. The monoisotopic (exact) mass is 280 g/mol. The van der Waals surface area contributed by atoms with Crippen LogP contribution in [0.2, 0.25) is 0 Å². The molecule has 4 nitrogen and oxygen atoms in total. The Kier molecular flexibility index (Phi) is 3.22. The smallest absolute Gasteiger partial charge is 0.307 e. The van der Waals surface area contributed by atoms with Crippen molar-refractivity contribution in [2.24, 2.45) is 0 Å². The van der Waals surface area contributed by atoms with Crippen molar-refractivity contribution in [2.75, 3.05) is 0 Å². The number of fused-ring (bicyclic) bond motifs is 1. The van der Waals surface area contributed by atoms with Gasteiger partial charge < -0.3 is 10.1 Å². The van der Waals surface area contributed by atoms with Crippen LogP contribution in [-0.2, 0) is 11.2 Å². The first-order valence-corrected chi connectivity index (χ1v) is 6.81. The molecule has 0 aliphatic carbocycles. The summed E-state index contributed by atoms with van der Waals surface area (Å²) in [6, 6.07) is 11.7. The lowest BCUT2D eigenvalue weighted by atomic mass is 10.1. The summed E-state index contributed by atoms with van der Waals surface area (Å²) in [6.07, 6.45) is 0.0218. The van der Waals surface area contributed by atoms with E-state index in [-0.39, 0.29) is 6.42 Å². The Hall–Kier alpha value is -2.62. The quantitative estimate of drug-likeness (QED) is 0.772. The van der Waals surface area contributed by atoms with Crippen molar-refractivity contribution in [1.29, 1.82) is 0 Å². The molecule has 0 unspecified atom stereocenters. The van der Waals surface area contributed by atoms with E-state index in [1.807, 2.05) is 24.3 Å². The molecule has 0 aliphatic heterocycles. The predicted octanol–water partition coefficient (Wildman–Crippen LogP) is 3.47. The van der Waals surface area contributed by atoms with Crippen LogP contribution in [-0.4, -0.2) is 21.0 Å². The van der Waals surface area contributed by atoms with Crippen molar-refractivity contribution in [1.82, 2.24) is 9.97 Å². The van der Waals surface area contributed by atoms with Crippen LogP contribution in [0.3, 0.4) is 0 Å². The summed E-state index contributed by atoms with van der Waals surface area (Å²) in [4.78, 5) is 18.6. The first-order chi connectivity index (χ1) is 10.0. The Morgan fingerprint density at radius 1 is 1.14 bits per heavy atom. The Morgan fingerprint density at radius 3 is 2.67 bits per heavy atom. The van der Waals surface area contributed by atoms with Gasteiger partial charge in [0.25, 0.3) is 0 Å². The molecule has 0 spiro atoms. The van der Waals surface area contributed by atoms with Gasteiger partial charge in [0.1, 0.15) is 5.82 Å². The molecule has 0 aliphatic rings. The molecule has 0 amide bonds. The number of aromatic amines is 1. The number of aryl methyl sites for hydroxylation is 2. The lowest BCUT2D eigenvalue weighted by molar-refractivity contribution is -0.136. The lowest BCUT2D eigenvalue weighted by Crippen LogP contribution is -1.99. The van der Waals surface area contributed by atoms with Gasteiger partial charge in [-0.15, -0.1) is 0 Å². The SMILES string of the molecule is Cc1ccc(-c2nc3ccc(CC(=O)O)cc3[nH]2)cc1C. The van der Waals surface area contributed by atoms with Gasteiger partial charge in [0.05, 0.1) is 17.5 Å². The minimum atomic E-state index is -0.830. The number of carboxylic acid groups (broad SMARTS) is 1. The fourth-order valence-corrected chi connectivity index (χ4v) is 2.37. The third-order valence-electron chi connectivity index (χ3n) is 3.68. The summed E-state index contributed by atoms with van der Waals surface area (Å²) < 4.78 is 0. The maximum atomic E-state index is 10.8. The number of benzene rings is 2. The van der Waals surface area contributed by atoms with Crippen LogP contribution in [0.4, 0.5) is 0 Å². The van der Waals surface area contributed by atoms with Gasteiger partial charge in [0, 0.05) is 5.56 Å². The molecule has 0 atom stereocenters. The van der Waals surface area contributed by atoms with Crippen molar-refractivity contribution in [3.63, 3.8) is 0 Å². The van der Waals surface area contributed by atoms with Gasteiger partial charge >= 0.3 is 5.97 Å². The third kappa shape index (κ3) is 2.65.